The van der Waals surface area contributed by atoms with E-state index in [1.54, 1.807) is 49.3 Å². The third-order valence-corrected chi connectivity index (χ3v) is 4.22. The minimum atomic E-state index is -0.431. The van der Waals surface area contributed by atoms with Crippen molar-refractivity contribution in [2.24, 2.45) is 7.05 Å². The first kappa shape index (κ1) is 21.9. The summed E-state index contributed by atoms with van der Waals surface area (Å²) in [7, 11) is 3.34. The van der Waals surface area contributed by atoms with E-state index in [-0.39, 0.29) is 17.7 Å². The number of benzene rings is 2. The molecule has 0 fully saturated rings. The zero-order chi connectivity index (χ0) is 22.4. The monoisotopic (exact) mass is 422 g/mol. The maximum Gasteiger partial charge on any atom is 0.257 e. The van der Waals surface area contributed by atoms with Gasteiger partial charge >= 0.3 is 0 Å². The molecule has 0 aliphatic heterocycles. The maximum absolute atomic E-state index is 13.3. The van der Waals surface area contributed by atoms with Gasteiger partial charge in [-0.25, -0.2) is 4.39 Å². The molecule has 2 aromatic carbocycles. The normalized spacial score (nSPS) is 11.4. The standard InChI is InChI=1S/C23H23FN4O3/c1-15(14-30-3)31-20-11-16(4-5-17-6-7-19(24)13-21(17)25)10-18(12-20)23(29)26-22-8-9-28(2)27-22/h6-13,15H,14,25H2,1-3H3,(H,26,27,29)/t15-/m0/s1. The van der Waals surface area contributed by atoms with E-state index in [2.05, 4.69) is 22.3 Å². The molecule has 31 heavy (non-hydrogen) atoms. The number of hydrogen-bond acceptors (Lipinski definition) is 5. The van der Waals surface area contributed by atoms with Crippen molar-refractivity contribution in [1.82, 2.24) is 9.78 Å². The Bertz CT molecular complexity index is 1150. The lowest BCUT2D eigenvalue weighted by molar-refractivity contribution is 0.0917. The Morgan fingerprint density at radius 1 is 1.26 bits per heavy atom. The van der Waals surface area contributed by atoms with Crippen LogP contribution in [0.2, 0.25) is 0 Å². The van der Waals surface area contributed by atoms with Crippen molar-refractivity contribution < 1.29 is 18.7 Å². The molecule has 0 saturated carbocycles. The Morgan fingerprint density at radius 2 is 2.06 bits per heavy atom. The highest BCUT2D eigenvalue weighted by Crippen LogP contribution is 2.20. The molecule has 0 radical (unpaired) electrons. The minimum Gasteiger partial charge on any atom is -0.488 e. The van der Waals surface area contributed by atoms with Gasteiger partial charge in [-0.05, 0) is 43.3 Å². The first-order chi connectivity index (χ1) is 14.8. The largest absolute Gasteiger partial charge is 0.488 e. The Labute approximate surface area is 180 Å². The summed E-state index contributed by atoms with van der Waals surface area (Å²) < 4.78 is 25.8. The zero-order valence-electron chi connectivity index (χ0n) is 17.5. The summed E-state index contributed by atoms with van der Waals surface area (Å²) in [4.78, 5) is 12.8. The van der Waals surface area contributed by atoms with Gasteiger partial charge in [0, 0.05) is 43.1 Å². The zero-order valence-corrected chi connectivity index (χ0v) is 17.5. The van der Waals surface area contributed by atoms with Crippen molar-refractivity contribution in [2.45, 2.75) is 13.0 Å². The third kappa shape index (κ3) is 6.07. The number of aryl methyl sites for hydroxylation is 1. The van der Waals surface area contributed by atoms with E-state index >= 15 is 0 Å². The van der Waals surface area contributed by atoms with Crippen LogP contribution < -0.4 is 15.8 Å². The number of carbonyl (C=O) groups excluding carboxylic acids is 1. The number of carbonyl (C=O) groups is 1. The molecule has 0 saturated heterocycles. The van der Waals surface area contributed by atoms with Crippen molar-refractivity contribution in [3.63, 3.8) is 0 Å². The van der Waals surface area contributed by atoms with Crippen LogP contribution in [0.3, 0.4) is 0 Å². The maximum atomic E-state index is 13.3. The molecule has 3 N–H and O–H groups in total. The fourth-order valence-corrected chi connectivity index (χ4v) is 2.83. The summed E-state index contributed by atoms with van der Waals surface area (Å²) >= 11 is 0. The van der Waals surface area contributed by atoms with Crippen LogP contribution in [0.25, 0.3) is 0 Å². The van der Waals surface area contributed by atoms with E-state index in [9.17, 15) is 9.18 Å². The van der Waals surface area contributed by atoms with Gasteiger partial charge in [0.2, 0.25) is 0 Å². The molecule has 1 aromatic heterocycles. The number of nitrogens with zero attached hydrogens (tertiary/aromatic N) is 2. The molecule has 1 amide bonds. The average molecular weight is 422 g/mol. The Hall–Kier alpha value is -3.83. The van der Waals surface area contributed by atoms with Gasteiger partial charge in [0.05, 0.1) is 12.3 Å². The van der Waals surface area contributed by atoms with E-state index in [4.69, 9.17) is 15.2 Å². The summed E-state index contributed by atoms with van der Waals surface area (Å²) in [5.41, 5.74) is 7.44. The second-order valence-corrected chi connectivity index (χ2v) is 6.94. The molecular weight excluding hydrogens is 399 g/mol. The Balaban J connectivity index is 1.92. The molecule has 3 aromatic rings. The summed E-state index contributed by atoms with van der Waals surface area (Å²) in [5, 5.41) is 6.89. The molecule has 1 atom stereocenters. The summed E-state index contributed by atoms with van der Waals surface area (Å²) in [6.45, 7) is 2.24. The van der Waals surface area contributed by atoms with Crippen LogP contribution in [0.1, 0.15) is 28.4 Å². The molecule has 0 aliphatic rings. The van der Waals surface area contributed by atoms with Gasteiger partial charge in [-0.1, -0.05) is 11.8 Å². The van der Waals surface area contributed by atoms with E-state index in [0.717, 1.165) is 0 Å². The van der Waals surface area contributed by atoms with E-state index in [1.165, 1.54) is 18.2 Å². The van der Waals surface area contributed by atoms with Crippen molar-refractivity contribution in [3.8, 4) is 17.6 Å². The van der Waals surface area contributed by atoms with Crippen LogP contribution in [-0.2, 0) is 11.8 Å². The number of amides is 1. The highest BCUT2D eigenvalue weighted by molar-refractivity contribution is 6.04. The lowest BCUT2D eigenvalue weighted by Crippen LogP contribution is -2.19. The number of methoxy groups -OCH3 is 1. The van der Waals surface area contributed by atoms with E-state index in [0.29, 0.717) is 34.9 Å². The average Bonchev–Trinajstić information content (AvgIpc) is 3.12. The second kappa shape index (κ2) is 9.78. The number of nitrogen functional groups attached to an aromatic ring is 1. The third-order valence-electron chi connectivity index (χ3n) is 4.22. The van der Waals surface area contributed by atoms with Gasteiger partial charge in [-0.3, -0.25) is 9.48 Å². The molecule has 0 aliphatic carbocycles. The molecule has 8 heteroatoms. The second-order valence-electron chi connectivity index (χ2n) is 6.94. The van der Waals surface area contributed by atoms with Crippen molar-refractivity contribution in [2.75, 3.05) is 24.8 Å². The predicted octanol–water partition coefficient (Wildman–Crippen LogP) is 3.21. The fourth-order valence-electron chi connectivity index (χ4n) is 2.83. The van der Waals surface area contributed by atoms with Crippen LogP contribution in [-0.4, -0.2) is 35.5 Å². The van der Waals surface area contributed by atoms with Gasteiger partial charge in [-0.2, -0.15) is 5.10 Å². The van der Waals surface area contributed by atoms with E-state index in [1.807, 2.05) is 6.92 Å². The topological polar surface area (TPSA) is 91.4 Å². The number of aromatic nitrogens is 2. The van der Waals surface area contributed by atoms with Gasteiger partial charge in [0.15, 0.2) is 5.82 Å². The molecule has 1 heterocycles. The van der Waals surface area contributed by atoms with Crippen LogP contribution in [0.15, 0.2) is 48.7 Å². The van der Waals surface area contributed by atoms with Gasteiger partial charge in [-0.15, -0.1) is 0 Å². The summed E-state index contributed by atoms with van der Waals surface area (Å²) in [6, 6.07) is 10.7. The summed E-state index contributed by atoms with van der Waals surface area (Å²) in [5.74, 6) is 5.99. The van der Waals surface area contributed by atoms with Gasteiger partial charge in [0.1, 0.15) is 17.7 Å². The Kier molecular flexibility index (Phi) is 6.90. The molecule has 0 bridgehead atoms. The highest BCUT2D eigenvalue weighted by atomic mass is 19.1. The highest BCUT2D eigenvalue weighted by Gasteiger charge is 2.12. The number of ether oxygens (including phenoxy) is 2. The first-order valence-corrected chi connectivity index (χ1v) is 9.53. The molecular formula is C23H23FN4O3. The van der Waals surface area contributed by atoms with Crippen molar-refractivity contribution in [3.05, 3.63) is 71.2 Å². The van der Waals surface area contributed by atoms with Crippen molar-refractivity contribution >= 4 is 17.4 Å². The lowest BCUT2D eigenvalue weighted by Gasteiger charge is -2.15. The van der Waals surface area contributed by atoms with Crippen molar-refractivity contribution in [1.29, 1.82) is 0 Å². The number of anilines is 2. The van der Waals surface area contributed by atoms with Gasteiger partial charge < -0.3 is 20.5 Å². The molecule has 7 nitrogen and oxygen atoms in total. The smallest absolute Gasteiger partial charge is 0.257 e. The fraction of sp³-hybridized carbons (Fsp3) is 0.217. The Morgan fingerprint density at radius 3 is 2.74 bits per heavy atom. The van der Waals surface area contributed by atoms with Gasteiger partial charge in [0.25, 0.3) is 5.91 Å². The SMILES string of the molecule is COC[C@H](C)Oc1cc(C#Cc2ccc(F)cc2N)cc(C(=O)Nc2ccn(C)n2)c1. The number of hydrogen-bond donors (Lipinski definition) is 2. The van der Waals surface area contributed by atoms with Crippen LogP contribution >= 0.6 is 0 Å². The lowest BCUT2D eigenvalue weighted by atomic mass is 10.1. The summed E-state index contributed by atoms with van der Waals surface area (Å²) in [6.07, 6.45) is 1.50. The van der Waals surface area contributed by atoms with Crippen LogP contribution in [0.5, 0.6) is 5.75 Å². The van der Waals surface area contributed by atoms with E-state index < -0.39 is 5.82 Å². The number of rotatable bonds is 6. The molecule has 0 spiro atoms. The van der Waals surface area contributed by atoms with Crippen LogP contribution in [0.4, 0.5) is 15.9 Å². The molecule has 0 unspecified atom stereocenters. The quantitative estimate of drug-likeness (QED) is 0.470. The first-order valence-electron chi connectivity index (χ1n) is 9.53. The number of halogens is 1. The molecule has 160 valence electrons. The minimum absolute atomic E-state index is 0.229. The van der Waals surface area contributed by atoms with Crippen LogP contribution in [0, 0.1) is 17.7 Å². The molecule has 3 rings (SSSR count). The number of nitrogens with two attached hydrogens (primary N) is 1. The predicted molar refractivity (Wildman–Crippen MR) is 116 cm³/mol. The number of nitrogens with one attached hydrogen (secondary N) is 1.